The summed E-state index contributed by atoms with van der Waals surface area (Å²) in [5, 5.41) is 19.8. The van der Waals surface area contributed by atoms with E-state index in [-0.39, 0.29) is 12.4 Å². The third-order valence-corrected chi connectivity index (χ3v) is 6.88. The smallest absolute Gasteiger partial charge is 0.116 e. The van der Waals surface area contributed by atoms with Gasteiger partial charge in [-0.05, 0) is 73.1 Å². The maximum Gasteiger partial charge on any atom is 0.116 e. The Morgan fingerprint density at radius 1 is 0.943 bits per heavy atom. The minimum Gasteiger partial charge on any atom is -0.508 e. The second-order valence-electron chi connectivity index (χ2n) is 9.41. The summed E-state index contributed by atoms with van der Waals surface area (Å²) in [6, 6.07) is 17.2. The lowest BCUT2D eigenvalue weighted by Crippen LogP contribution is -2.47. The van der Waals surface area contributed by atoms with Crippen molar-refractivity contribution in [1.29, 1.82) is 0 Å². The van der Waals surface area contributed by atoms with Crippen LogP contribution in [0.3, 0.4) is 0 Å². The van der Waals surface area contributed by atoms with Gasteiger partial charge in [0, 0.05) is 44.5 Å². The molecule has 0 amide bonds. The van der Waals surface area contributed by atoms with Gasteiger partial charge in [-0.2, -0.15) is 0 Å². The van der Waals surface area contributed by atoms with Crippen molar-refractivity contribution in [2.45, 2.75) is 38.1 Å². The molecule has 1 heterocycles. The van der Waals surface area contributed by atoms with Gasteiger partial charge in [-0.1, -0.05) is 66.8 Å². The van der Waals surface area contributed by atoms with E-state index in [9.17, 15) is 10.2 Å². The van der Waals surface area contributed by atoms with Crippen molar-refractivity contribution in [3.8, 4) is 5.75 Å². The first-order chi connectivity index (χ1) is 17.2. The van der Waals surface area contributed by atoms with Crippen LogP contribution in [0.4, 0.5) is 5.69 Å². The van der Waals surface area contributed by atoms with Crippen molar-refractivity contribution in [3.63, 3.8) is 0 Å². The number of aliphatic hydroxyl groups is 1. The summed E-state index contributed by atoms with van der Waals surface area (Å²) in [7, 11) is 0. The first-order valence-corrected chi connectivity index (χ1v) is 12.9. The summed E-state index contributed by atoms with van der Waals surface area (Å²) in [4.78, 5) is 5.13. The fourth-order valence-corrected chi connectivity index (χ4v) is 4.91. The molecular weight excluding hydrogens is 432 g/mol. The maximum absolute atomic E-state index is 10.2. The van der Waals surface area contributed by atoms with Crippen LogP contribution in [0.2, 0.25) is 0 Å². The number of allylic oxidation sites excluding steroid dienone is 6. The molecule has 184 valence electrons. The Kier molecular flexibility index (Phi) is 8.99. The second kappa shape index (κ2) is 12.6. The zero-order valence-corrected chi connectivity index (χ0v) is 20.6. The molecule has 1 aliphatic heterocycles. The van der Waals surface area contributed by atoms with Crippen molar-refractivity contribution in [2.24, 2.45) is 0 Å². The Bertz CT molecular complexity index is 1060. The van der Waals surface area contributed by atoms with E-state index in [0.29, 0.717) is 6.42 Å². The summed E-state index contributed by atoms with van der Waals surface area (Å²) >= 11 is 0. The Labute approximate surface area is 210 Å². The summed E-state index contributed by atoms with van der Waals surface area (Å²) in [5.74, 6) is 0.260. The lowest BCUT2D eigenvalue weighted by Gasteiger charge is -2.36. The Hall–Kier alpha value is -3.08. The van der Waals surface area contributed by atoms with E-state index in [1.54, 1.807) is 12.1 Å². The fourth-order valence-electron chi connectivity index (χ4n) is 4.91. The predicted octanol–water partition coefficient (Wildman–Crippen LogP) is 5.94. The highest BCUT2D eigenvalue weighted by atomic mass is 16.3. The van der Waals surface area contributed by atoms with Gasteiger partial charge in [-0.25, -0.2) is 0 Å². The van der Waals surface area contributed by atoms with E-state index in [0.717, 1.165) is 61.8 Å². The average molecular weight is 471 g/mol. The third kappa shape index (κ3) is 6.97. The maximum atomic E-state index is 10.2. The zero-order chi connectivity index (χ0) is 24.5. The molecule has 4 nitrogen and oxygen atoms in total. The molecule has 1 saturated heterocycles. The molecule has 2 N–H and O–H groups in total. The standard InChI is InChI=1S/C31H38N2O2/c1-2-3-4-5-6-9-25(11-8-23-34)31(27-10-7-12-30(35)24-27)26-13-15-28(16-14-26)32-19-21-33(22-20-32)29-17-18-29/h2-7,10,12-16,24,29,34-35H,1,8-9,11,17-23H2/b4-3-,6-5-,31-25-. The van der Waals surface area contributed by atoms with Crippen LogP contribution < -0.4 is 4.90 Å². The number of rotatable bonds is 11. The highest BCUT2D eigenvalue weighted by Crippen LogP contribution is 2.34. The molecule has 0 bridgehead atoms. The fraction of sp³-hybridized carbons (Fsp3) is 0.355. The van der Waals surface area contributed by atoms with Gasteiger partial charge in [0.15, 0.2) is 0 Å². The Morgan fingerprint density at radius 2 is 1.71 bits per heavy atom. The van der Waals surface area contributed by atoms with Crippen molar-refractivity contribution in [3.05, 3.63) is 102 Å². The monoisotopic (exact) mass is 470 g/mol. The number of nitrogens with zero attached hydrogens (tertiary/aromatic N) is 2. The van der Waals surface area contributed by atoms with Crippen LogP contribution in [0.25, 0.3) is 5.57 Å². The van der Waals surface area contributed by atoms with Crippen molar-refractivity contribution >= 4 is 11.3 Å². The lowest BCUT2D eigenvalue weighted by atomic mass is 9.89. The van der Waals surface area contributed by atoms with Gasteiger partial charge in [0.2, 0.25) is 0 Å². The van der Waals surface area contributed by atoms with Crippen LogP contribution in [0.1, 0.15) is 43.2 Å². The van der Waals surface area contributed by atoms with Crippen LogP contribution in [-0.2, 0) is 0 Å². The third-order valence-electron chi connectivity index (χ3n) is 6.88. The van der Waals surface area contributed by atoms with Crippen LogP contribution in [0.5, 0.6) is 5.75 Å². The predicted molar refractivity (Wildman–Crippen MR) is 147 cm³/mol. The molecule has 1 saturated carbocycles. The number of phenolic OH excluding ortho intramolecular Hbond substituents is 1. The van der Waals surface area contributed by atoms with Gasteiger partial charge in [-0.15, -0.1) is 0 Å². The van der Waals surface area contributed by atoms with Crippen LogP contribution in [-0.4, -0.2) is 53.9 Å². The molecule has 0 unspecified atom stereocenters. The molecular formula is C31H38N2O2. The molecule has 2 fully saturated rings. The Balaban J connectivity index is 1.62. The SMILES string of the molecule is C=C/C=C\C=C/C/C(CCCO)=C(\c1ccc(N2CCN(C3CC3)CC2)cc1)c1cccc(O)c1. The zero-order valence-electron chi connectivity index (χ0n) is 20.6. The highest BCUT2D eigenvalue weighted by molar-refractivity contribution is 5.83. The average Bonchev–Trinajstić information content (AvgIpc) is 3.73. The van der Waals surface area contributed by atoms with Crippen LogP contribution in [0.15, 0.2) is 91.1 Å². The summed E-state index contributed by atoms with van der Waals surface area (Å²) < 4.78 is 0. The molecule has 4 rings (SSSR count). The topological polar surface area (TPSA) is 46.9 Å². The van der Waals surface area contributed by atoms with Crippen LogP contribution in [0, 0.1) is 0 Å². The molecule has 0 atom stereocenters. The molecule has 0 radical (unpaired) electrons. The normalized spacial score (nSPS) is 17.8. The minimum atomic E-state index is 0.155. The number of hydrogen-bond acceptors (Lipinski definition) is 4. The largest absolute Gasteiger partial charge is 0.508 e. The van der Waals surface area contributed by atoms with Crippen molar-refractivity contribution in [2.75, 3.05) is 37.7 Å². The second-order valence-corrected chi connectivity index (χ2v) is 9.41. The van der Waals surface area contributed by atoms with E-state index >= 15 is 0 Å². The van der Waals surface area contributed by atoms with Gasteiger partial charge in [0.05, 0.1) is 0 Å². The molecule has 2 aliphatic rings. The van der Waals surface area contributed by atoms with Crippen molar-refractivity contribution in [1.82, 2.24) is 4.90 Å². The molecule has 1 aliphatic carbocycles. The van der Waals surface area contributed by atoms with E-state index in [1.807, 2.05) is 30.4 Å². The summed E-state index contributed by atoms with van der Waals surface area (Å²) in [5.41, 5.74) is 5.79. The van der Waals surface area contributed by atoms with Gasteiger partial charge in [0.25, 0.3) is 0 Å². The number of piperazine rings is 1. The number of phenols is 1. The molecule has 2 aromatic rings. The number of hydrogen-bond donors (Lipinski definition) is 2. The molecule has 35 heavy (non-hydrogen) atoms. The quantitative estimate of drug-likeness (QED) is 0.399. The van der Waals surface area contributed by atoms with E-state index < -0.39 is 0 Å². The first-order valence-electron chi connectivity index (χ1n) is 12.9. The van der Waals surface area contributed by atoms with Crippen molar-refractivity contribution < 1.29 is 10.2 Å². The molecule has 4 heteroatoms. The highest BCUT2D eigenvalue weighted by Gasteiger charge is 2.31. The van der Waals surface area contributed by atoms with Gasteiger partial charge in [0.1, 0.15) is 5.75 Å². The number of aromatic hydroxyl groups is 1. The summed E-state index contributed by atoms with van der Waals surface area (Å²) in [6.45, 7) is 8.33. The number of anilines is 1. The lowest BCUT2D eigenvalue weighted by molar-refractivity contribution is 0.248. The molecule has 0 aromatic heterocycles. The van der Waals surface area contributed by atoms with E-state index in [2.05, 4.69) is 52.8 Å². The van der Waals surface area contributed by atoms with Gasteiger partial charge >= 0.3 is 0 Å². The van der Waals surface area contributed by atoms with Crippen LogP contribution >= 0.6 is 0 Å². The Morgan fingerprint density at radius 3 is 2.37 bits per heavy atom. The van der Waals surface area contributed by atoms with Gasteiger partial charge < -0.3 is 15.1 Å². The minimum absolute atomic E-state index is 0.155. The molecule has 0 spiro atoms. The number of aliphatic hydroxyl groups excluding tert-OH is 1. The number of benzene rings is 2. The van der Waals surface area contributed by atoms with E-state index in [4.69, 9.17) is 0 Å². The first kappa shape index (κ1) is 25.0. The van der Waals surface area contributed by atoms with E-state index in [1.165, 1.54) is 24.1 Å². The molecule has 2 aromatic carbocycles. The van der Waals surface area contributed by atoms with Gasteiger partial charge in [-0.3, -0.25) is 4.90 Å². The summed E-state index contributed by atoms with van der Waals surface area (Å²) in [6.07, 6.45) is 14.8.